The smallest absolute Gasteiger partial charge is 0.320 e. The molecule has 90 valence electrons. The largest absolute Gasteiger partial charge is 0.480 e. The second-order valence-corrected chi connectivity index (χ2v) is 5.54. The number of halogens is 2. The minimum Gasteiger partial charge on any atom is -0.480 e. The number of carboxylic acid groups (broad SMARTS) is 1. The van der Waals surface area contributed by atoms with Crippen molar-refractivity contribution < 1.29 is 9.90 Å². The average Bonchev–Trinajstić information content (AvgIpc) is 2.60. The maximum atomic E-state index is 10.7. The van der Waals surface area contributed by atoms with Crippen LogP contribution in [-0.4, -0.2) is 22.1 Å². The van der Waals surface area contributed by atoms with Gasteiger partial charge in [0.1, 0.15) is 6.04 Å². The van der Waals surface area contributed by atoms with Gasteiger partial charge in [0.25, 0.3) is 0 Å². The van der Waals surface area contributed by atoms with E-state index in [1.54, 1.807) is 6.20 Å². The molecule has 17 heavy (non-hydrogen) atoms. The molecule has 0 spiro atoms. The highest BCUT2D eigenvalue weighted by Crippen LogP contribution is 2.31. The Morgan fingerprint density at radius 3 is 2.82 bits per heavy atom. The maximum Gasteiger partial charge on any atom is 0.320 e. The summed E-state index contributed by atoms with van der Waals surface area (Å²) in [5.41, 5.74) is 7.38. The van der Waals surface area contributed by atoms with Gasteiger partial charge in [-0.05, 0) is 17.7 Å². The highest BCUT2D eigenvalue weighted by Gasteiger charge is 2.16. The Morgan fingerprint density at radius 2 is 2.18 bits per heavy atom. The van der Waals surface area contributed by atoms with E-state index in [-0.39, 0.29) is 0 Å². The number of aliphatic carboxylic acids is 1. The van der Waals surface area contributed by atoms with E-state index in [9.17, 15) is 4.79 Å². The van der Waals surface area contributed by atoms with Gasteiger partial charge in [-0.1, -0.05) is 31.9 Å². The van der Waals surface area contributed by atoms with Crippen LogP contribution in [0, 0.1) is 0 Å². The molecule has 0 bridgehead atoms. The molecule has 1 atom stereocenters. The van der Waals surface area contributed by atoms with Crippen molar-refractivity contribution in [2.45, 2.75) is 12.5 Å². The minimum atomic E-state index is -0.993. The van der Waals surface area contributed by atoms with Crippen LogP contribution in [0.3, 0.4) is 0 Å². The number of nitrogens with two attached hydrogens (primary N) is 1. The van der Waals surface area contributed by atoms with Gasteiger partial charge in [0.05, 0.1) is 0 Å². The van der Waals surface area contributed by atoms with Gasteiger partial charge in [0.15, 0.2) is 0 Å². The SMILES string of the molecule is N[C@@H](Cc1c[nH]c2cc(Br)cc(Br)c12)C(=O)O. The fraction of sp³-hybridized carbons (Fsp3) is 0.182. The number of hydrogen-bond donors (Lipinski definition) is 3. The molecule has 0 fully saturated rings. The van der Waals surface area contributed by atoms with Crippen molar-refractivity contribution in [3.63, 3.8) is 0 Å². The number of fused-ring (bicyclic) bond motifs is 1. The van der Waals surface area contributed by atoms with Gasteiger partial charge < -0.3 is 15.8 Å². The van der Waals surface area contributed by atoms with Crippen LogP contribution < -0.4 is 5.73 Å². The third kappa shape index (κ3) is 2.53. The van der Waals surface area contributed by atoms with Crippen molar-refractivity contribution >= 4 is 48.7 Å². The number of carbonyl (C=O) groups is 1. The lowest BCUT2D eigenvalue weighted by Crippen LogP contribution is -2.32. The van der Waals surface area contributed by atoms with Crippen molar-refractivity contribution in [2.24, 2.45) is 5.73 Å². The standard InChI is InChI=1S/C11H10Br2N2O2/c12-6-2-7(13)10-5(1-8(14)11(16)17)4-15-9(10)3-6/h2-4,8,15H,1,14H2,(H,16,17)/t8-/m0/s1. The first-order valence-electron chi connectivity index (χ1n) is 4.92. The number of H-pyrrole nitrogens is 1. The van der Waals surface area contributed by atoms with Crippen LogP contribution in [0.4, 0.5) is 0 Å². The Morgan fingerprint density at radius 1 is 1.47 bits per heavy atom. The van der Waals surface area contributed by atoms with Gasteiger partial charge in [0.2, 0.25) is 0 Å². The Hall–Kier alpha value is -0.850. The van der Waals surface area contributed by atoms with E-state index in [1.807, 2.05) is 12.1 Å². The van der Waals surface area contributed by atoms with E-state index in [4.69, 9.17) is 10.8 Å². The third-order valence-electron chi connectivity index (χ3n) is 2.54. The zero-order chi connectivity index (χ0) is 12.6. The number of aromatic nitrogens is 1. The fourth-order valence-corrected chi connectivity index (χ4v) is 3.22. The minimum absolute atomic E-state index is 0.301. The zero-order valence-corrected chi connectivity index (χ0v) is 11.9. The van der Waals surface area contributed by atoms with Gasteiger partial charge in [-0.25, -0.2) is 0 Å². The third-order valence-corrected chi connectivity index (χ3v) is 3.62. The van der Waals surface area contributed by atoms with E-state index in [0.29, 0.717) is 6.42 Å². The van der Waals surface area contributed by atoms with Crippen LogP contribution in [0.1, 0.15) is 5.56 Å². The number of benzene rings is 1. The molecule has 1 aromatic carbocycles. The molecule has 4 nitrogen and oxygen atoms in total. The second-order valence-electron chi connectivity index (χ2n) is 3.77. The van der Waals surface area contributed by atoms with Gasteiger partial charge in [-0.15, -0.1) is 0 Å². The molecule has 0 radical (unpaired) electrons. The predicted octanol–water partition coefficient (Wildman–Crippen LogP) is 2.65. The first-order valence-corrected chi connectivity index (χ1v) is 6.51. The molecule has 0 amide bonds. The molecule has 2 rings (SSSR count). The normalized spacial score (nSPS) is 12.9. The molecule has 0 aliphatic heterocycles. The predicted molar refractivity (Wildman–Crippen MR) is 73.0 cm³/mol. The summed E-state index contributed by atoms with van der Waals surface area (Å²) in [6, 6.07) is 2.98. The van der Waals surface area contributed by atoms with Crippen LogP contribution in [0.5, 0.6) is 0 Å². The lowest BCUT2D eigenvalue weighted by molar-refractivity contribution is -0.138. The Labute approximate surface area is 114 Å². The summed E-state index contributed by atoms with van der Waals surface area (Å²) in [5, 5.41) is 9.79. The van der Waals surface area contributed by atoms with E-state index in [0.717, 1.165) is 25.4 Å². The van der Waals surface area contributed by atoms with Crippen LogP contribution in [0.15, 0.2) is 27.3 Å². The van der Waals surface area contributed by atoms with Crippen molar-refractivity contribution in [1.82, 2.24) is 4.98 Å². The Balaban J connectivity index is 2.46. The van der Waals surface area contributed by atoms with E-state index < -0.39 is 12.0 Å². The van der Waals surface area contributed by atoms with Gasteiger partial charge in [-0.2, -0.15) is 0 Å². The summed E-state index contributed by atoms with van der Waals surface area (Å²) in [5.74, 6) is -0.993. The monoisotopic (exact) mass is 360 g/mol. The number of rotatable bonds is 3. The van der Waals surface area contributed by atoms with Crippen LogP contribution in [-0.2, 0) is 11.2 Å². The van der Waals surface area contributed by atoms with E-state index in [2.05, 4.69) is 36.8 Å². The van der Waals surface area contributed by atoms with E-state index in [1.165, 1.54) is 0 Å². The average molecular weight is 362 g/mol. The summed E-state index contributed by atoms with van der Waals surface area (Å²) in [4.78, 5) is 13.9. The van der Waals surface area contributed by atoms with Crippen molar-refractivity contribution in [3.05, 3.63) is 32.8 Å². The molecule has 4 N–H and O–H groups in total. The van der Waals surface area contributed by atoms with Crippen LogP contribution in [0.2, 0.25) is 0 Å². The summed E-state index contributed by atoms with van der Waals surface area (Å²) in [6.07, 6.45) is 2.10. The molecule has 0 saturated carbocycles. The zero-order valence-electron chi connectivity index (χ0n) is 8.71. The lowest BCUT2D eigenvalue weighted by atomic mass is 10.1. The van der Waals surface area contributed by atoms with E-state index >= 15 is 0 Å². The quantitative estimate of drug-likeness (QED) is 0.786. The highest BCUT2D eigenvalue weighted by atomic mass is 79.9. The molecule has 0 aliphatic rings. The van der Waals surface area contributed by atoms with Crippen molar-refractivity contribution in [1.29, 1.82) is 0 Å². The molecular weight excluding hydrogens is 352 g/mol. The summed E-state index contributed by atoms with van der Waals surface area (Å²) in [6.45, 7) is 0. The molecular formula is C11H10Br2N2O2. The molecule has 2 aromatic rings. The van der Waals surface area contributed by atoms with Crippen molar-refractivity contribution in [3.8, 4) is 0 Å². The number of hydrogen-bond acceptors (Lipinski definition) is 2. The highest BCUT2D eigenvalue weighted by molar-refractivity contribution is 9.11. The summed E-state index contributed by atoms with van der Waals surface area (Å²) >= 11 is 6.86. The number of carboxylic acids is 1. The van der Waals surface area contributed by atoms with Gasteiger partial charge in [0, 0.05) is 32.5 Å². The Bertz CT molecular complexity index is 580. The van der Waals surface area contributed by atoms with Crippen LogP contribution >= 0.6 is 31.9 Å². The fourth-order valence-electron chi connectivity index (χ4n) is 1.74. The topological polar surface area (TPSA) is 79.1 Å². The van der Waals surface area contributed by atoms with Gasteiger partial charge in [-0.3, -0.25) is 4.79 Å². The first kappa shape index (κ1) is 12.6. The molecule has 6 heteroatoms. The maximum absolute atomic E-state index is 10.7. The Kier molecular flexibility index (Phi) is 3.56. The van der Waals surface area contributed by atoms with Crippen molar-refractivity contribution in [2.75, 3.05) is 0 Å². The molecule has 0 aliphatic carbocycles. The molecule has 1 aromatic heterocycles. The number of nitrogens with one attached hydrogen (secondary N) is 1. The molecule has 0 unspecified atom stereocenters. The first-order chi connectivity index (χ1) is 7.99. The summed E-state index contributed by atoms with van der Waals surface area (Å²) in [7, 11) is 0. The summed E-state index contributed by atoms with van der Waals surface area (Å²) < 4.78 is 1.86. The molecule has 1 heterocycles. The van der Waals surface area contributed by atoms with Gasteiger partial charge >= 0.3 is 5.97 Å². The second kappa shape index (κ2) is 4.80. The molecule has 0 saturated heterocycles. The van der Waals surface area contributed by atoms with Crippen LogP contribution in [0.25, 0.3) is 10.9 Å². The number of aromatic amines is 1. The lowest BCUT2D eigenvalue weighted by Gasteiger charge is -2.06.